The lowest BCUT2D eigenvalue weighted by atomic mass is 10.2. The topological polar surface area (TPSA) is 104 Å². The highest BCUT2D eigenvalue weighted by atomic mass is 32.2. The molecule has 0 saturated heterocycles. The van der Waals surface area contributed by atoms with Crippen LogP contribution < -0.4 is 15.4 Å². The van der Waals surface area contributed by atoms with E-state index in [4.69, 9.17) is 0 Å². The summed E-state index contributed by atoms with van der Waals surface area (Å²) in [6.07, 6.45) is 2.27. The Bertz CT molecular complexity index is 892. The molecule has 0 aliphatic rings. The molecule has 9 heteroatoms. The van der Waals surface area contributed by atoms with Crippen molar-refractivity contribution in [1.29, 1.82) is 0 Å². The summed E-state index contributed by atoms with van der Waals surface area (Å²) in [5.74, 6) is -0.444. The normalized spacial score (nSPS) is 11.0. The Kier molecular flexibility index (Phi) is 8.37. The van der Waals surface area contributed by atoms with E-state index in [2.05, 4.69) is 21.9 Å². The first-order valence-corrected chi connectivity index (χ1v) is 11.2. The van der Waals surface area contributed by atoms with Crippen molar-refractivity contribution < 1.29 is 18.0 Å². The van der Waals surface area contributed by atoms with Crippen molar-refractivity contribution in [3.8, 4) is 0 Å². The molecule has 1 aromatic heterocycles. The van der Waals surface area contributed by atoms with Gasteiger partial charge in [0.15, 0.2) is 0 Å². The monoisotopic (exact) mass is 421 g/mol. The first-order chi connectivity index (χ1) is 13.4. The Labute approximate surface area is 168 Å². The van der Waals surface area contributed by atoms with Crippen LogP contribution in [-0.2, 0) is 20.6 Å². The average molecular weight is 422 g/mol. The summed E-state index contributed by atoms with van der Waals surface area (Å²) in [6.45, 7) is 4.07. The molecule has 7 nitrogen and oxygen atoms in total. The Hall–Kier alpha value is -2.49. The molecular formula is C19H23N3O4S2. The zero-order valence-corrected chi connectivity index (χ0v) is 16.9. The predicted molar refractivity (Wildman–Crippen MR) is 112 cm³/mol. The van der Waals surface area contributed by atoms with E-state index in [-0.39, 0.29) is 30.5 Å². The zero-order valence-electron chi connectivity index (χ0n) is 15.3. The lowest BCUT2D eigenvalue weighted by Gasteiger charge is -2.08. The van der Waals surface area contributed by atoms with Crippen molar-refractivity contribution in [2.45, 2.75) is 18.6 Å². The van der Waals surface area contributed by atoms with Gasteiger partial charge < -0.3 is 10.6 Å². The van der Waals surface area contributed by atoms with E-state index in [1.807, 2.05) is 11.4 Å². The van der Waals surface area contributed by atoms with Crippen molar-refractivity contribution in [3.05, 3.63) is 64.9 Å². The Balaban J connectivity index is 1.72. The van der Waals surface area contributed by atoms with Crippen LogP contribution in [0.3, 0.4) is 0 Å². The van der Waals surface area contributed by atoms with Crippen molar-refractivity contribution >= 4 is 38.9 Å². The molecule has 2 aromatic rings. The van der Waals surface area contributed by atoms with Crippen LogP contribution >= 0.6 is 11.3 Å². The number of carbonyl (C=O) groups excluding carboxylic acids is 2. The number of thiophene rings is 1. The quantitative estimate of drug-likeness (QED) is 0.383. The molecule has 0 spiro atoms. The molecule has 0 saturated carbocycles. The number of hydrogen-bond acceptors (Lipinski definition) is 5. The summed E-state index contributed by atoms with van der Waals surface area (Å²) in [6, 6.07) is 10.2. The van der Waals surface area contributed by atoms with Crippen LogP contribution in [0.1, 0.15) is 28.1 Å². The molecule has 1 heterocycles. The summed E-state index contributed by atoms with van der Waals surface area (Å²) in [5.41, 5.74) is 1.21. The minimum atomic E-state index is -3.41. The number of sulfonamides is 1. The van der Waals surface area contributed by atoms with Gasteiger partial charge in [0.2, 0.25) is 15.9 Å². The maximum atomic E-state index is 12.0. The number of hydrogen-bond donors (Lipinski definition) is 3. The largest absolute Gasteiger partial charge is 0.351 e. The van der Waals surface area contributed by atoms with Gasteiger partial charge in [0.25, 0.3) is 5.91 Å². The van der Waals surface area contributed by atoms with E-state index in [1.54, 1.807) is 30.3 Å². The van der Waals surface area contributed by atoms with Crippen molar-refractivity contribution in [2.24, 2.45) is 0 Å². The van der Waals surface area contributed by atoms with Gasteiger partial charge >= 0.3 is 0 Å². The second kappa shape index (κ2) is 10.7. The van der Waals surface area contributed by atoms with Gasteiger partial charge in [-0.15, -0.1) is 17.9 Å². The fraction of sp³-hybridized carbons (Fsp3) is 0.263. The maximum Gasteiger partial charge on any atom is 0.261 e. The standard InChI is InChI=1S/C19H23N3O4S2/c1-2-11-21-28(25,26)14-15-7-9-16(10-8-15)22-18(23)6-3-12-20-19(24)17-5-4-13-27-17/h2,4-5,7-10,13,21H,1,3,6,11-12,14H2,(H,20,24)(H,22,23). The summed E-state index contributed by atoms with van der Waals surface area (Å²) < 4.78 is 26.1. The molecule has 0 unspecified atom stereocenters. The molecule has 28 heavy (non-hydrogen) atoms. The number of benzene rings is 1. The lowest BCUT2D eigenvalue weighted by molar-refractivity contribution is -0.116. The van der Waals surface area contributed by atoms with Gasteiger partial charge in [-0.05, 0) is 35.6 Å². The van der Waals surface area contributed by atoms with Crippen molar-refractivity contribution in [1.82, 2.24) is 10.0 Å². The first-order valence-electron chi connectivity index (χ1n) is 8.68. The summed E-state index contributed by atoms with van der Waals surface area (Å²) in [4.78, 5) is 24.4. The van der Waals surface area contributed by atoms with E-state index in [0.29, 0.717) is 29.1 Å². The zero-order chi connectivity index (χ0) is 20.4. The van der Waals surface area contributed by atoms with E-state index in [9.17, 15) is 18.0 Å². The fourth-order valence-corrected chi connectivity index (χ4v) is 4.06. The number of nitrogens with one attached hydrogen (secondary N) is 3. The molecule has 2 rings (SSSR count). The van der Waals surface area contributed by atoms with Gasteiger partial charge in [-0.25, -0.2) is 13.1 Å². The van der Waals surface area contributed by atoms with Crippen LogP contribution in [0, 0.1) is 0 Å². The van der Waals surface area contributed by atoms with Crippen molar-refractivity contribution in [3.63, 3.8) is 0 Å². The van der Waals surface area contributed by atoms with Crippen molar-refractivity contribution in [2.75, 3.05) is 18.4 Å². The molecule has 1 aromatic carbocycles. The van der Waals surface area contributed by atoms with Gasteiger partial charge in [-0.1, -0.05) is 24.3 Å². The molecule has 0 radical (unpaired) electrons. The second-order valence-corrected chi connectivity index (χ2v) is 8.73. The highest BCUT2D eigenvalue weighted by molar-refractivity contribution is 7.88. The molecule has 0 aliphatic heterocycles. The van der Waals surface area contributed by atoms with Gasteiger partial charge in [0.1, 0.15) is 0 Å². The SMILES string of the molecule is C=CCNS(=O)(=O)Cc1ccc(NC(=O)CCCNC(=O)c2cccs2)cc1. The Morgan fingerprint density at radius 1 is 1.14 bits per heavy atom. The highest BCUT2D eigenvalue weighted by Gasteiger charge is 2.10. The summed E-state index contributed by atoms with van der Waals surface area (Å²) in [5, 5.41) is 7.36. The third kappa shape index (κ3) is 7.63. The second-order valence-electron chi connectivity index (χ2n) is 5.98. The smallest absolute Gasteiger partial charge is 0.261 e. The lowest BCUT2D eigenvalue weighted by Crippen LogP contribution is -2.25. The molecule has 0 fully saturated rings. The average Bonchev–Trinajstić information content (AvgIpc) is 3.20. The molecule has 0 atom stereocenters. The molecule has 2 amide bonds. The third-order valence-corrected chi connectivity index (χ3v) is 5.84. The Morgan fingerprint density at radius 3 is 2.54 bits per heavy atom. The van der Waals surface area contributed by atoms with E-state index >= 15 is 0 Å². The highest BCUT2D eigenvalue weighted by Crippen LogP contribution is 2.12. The molecule has 0 bridgehead atoms. The van der Waals surface area contributed by atoms with Crippen LogP contribution in [0.4, 0.5) is 5.69 Å². The maximum absolute atomic E-state index is 12.0. The van der Waals surface area contributed by atoms with Crippen LogP contribution in [0.2, 0.25) is 0 Å². The fourth-order valence-electron chi connectivity index (χ4n) is 2.31. The summed E-state index contributed by atoms with van der Waals surface area (Å²) in [7, 11) is -3.41. The van der Waals surface area contributed by atoms with Crippen LogP contribution in [0.15, 0.2) is 54.4 Å². The van der Waals surface area contributed by atoms with E-state index in [0.717, 1.165) is 0 Å². The van der Waals surface area contributed by atoms with Crippen LogP contribution in [0.5, 0.6) is 0 Å². The molecule has 150 valence electrons. The molecule has 3 N–H and O–H groups in total. The minimum Gasteiger partial charge on any atom is -0.351 e. The number of amides is 2. The number of anilines is 1. The van der Waals surface area contributed by atoms with Crippen LogP contribution in [-0.4, -0.2) is 33.3 Å². The predicted octanol–water partition coefficient (Wildman–Crippen LogP) is 2.50. The van der Waals surface area contributed by atoms with Gasteiger partial charge in [-0.3, -0.25) is 9.59 Å². The van der Waals surface area contributed by atoms with E-state index in [1.165, 1.54) is 17.4 Å². The first kappa shape index (κ1) is 21.8. The van der Waals surface area contributed by atoms with Gasteiger partial charge in [0, 0.05) is 25.2 Å². The van der Waals surface area contributed by atoms with Gasteiger partial charge in [-0.2, -0.15) is 0 Å². The molecular weight excluding hydrogens is 398 g/mol. The van der Waals surface area contributed by atoms with Crippen LogP contribution in [0.25, 0.3) is 0 Å². The molecule has 0 aliphatic carbocycles. The number of rotatable bonds is 11. The third-order valence-electron chi connectivity index (χ3n) is 3.65. The van der Waals surface area contributed by atoms with Gasteiger partial charge in [0.05, 0.1) is 10.6 Å². The minimum absolute atomic E-state index is 0.136. The van der Waals surface area contributed by atoms with E-state index < -0.39 is 10.0 Å². The Morgan fingerprint density at radius 2 is 1.89 bits per heavy atom. The summed E-state index contributed by atoms with van der Waals surface area (Å²) >= 11 is 1.37. The number of carbonyl (C=O) groups is 2.